The molecular weight excluding hydrogens is 250 g/mol. The van der Waals surface area contributed by atoms with E-state index in [1.54, 1.807) is 7.11 Å². The Morgan fingerprint density at radius 2 is 1.90 bits per heavy atom. The van der Waals surface area contributed by atoms with E-state index >= 15 is 0 Å². The van der Waals surface area contributed by atoms with Gasteiger partial charge in [-0.1, -0.05) is 26.0 Å². The fourth-order valence-electron chi connectivity index (χ4n) is 2.75. The maximum atomic E-state index is 11.7. The second-order valence-corrected chi connectivity index (χ2v) is 6.28. The third-order valence-electron chi connectivity index (χ3n) is 3.65. The van der Waals surface area contributed by atoms with Crippen LogP contribution in [0.15, 0.2) is 29.3 Å². The number of nitrogens with zero attached hydrogens (tertiary/aromatic N) is 1. The minimum atomic E-state index is 0.0777. The molecule has 0 N–H and O–H groups in total. The minimum Gasteiger partial charge on any atom is -0.497 e. The summed E-state index contributed by atoms with van der Waals surface area (Å²) in [5, 5.41) is 0. The molecule has 0 spiro atoms. The van der Waals surface area contributed by atoms with Crippen LogP contribution in [-0.4, -0.2) is 25.1 Å². The second kappa shape index (κ2) is 6.21. The Morgan fingerprint density at radius 1 is 1.20 bits per heavy atom. The van der Waals surface area contributed by atoms with Crippen LogP contribution in [0.3, 0.4) is 0 Å². The first kappa shape index (κ1) is 14.8. The van der Waals surface area contributed by atoms with Gasteiger partial charge in [0.1, 0.15) is 11.5 Å². The molecule has 0 unspecified atom stereocenters. The monoisotopic (exact) mass is 273 g/mol. The van der Waals surface area contributed by atoms with Gasteiger partial charge in [-0.2, -0.15) is 0 Å². The Bertz CT molecular complexity index is 500. The van der Waals surface area contributed by atoms with Gasteiger partial charge in [0.25, 0.3) is 0 Å². The molecule has 1 aliphatic carbocycles. The van der Waals surface area contributed by atoms with E-state index in [1.807, 2.05) is 12.1 Å². The molecule has 0 atom stereocenters. The SMILES string of the molecule is COc1ccc(CCN=C2CC(=O)CC(C)(C)C2)cc1. The molecule has 0 bridgehead atoms. The van der Waals surface area contributed by atoms with Crippen LogP contribution in [-0.2, 0) is 11.2 Å². The fourth-order valence-corrected chi connectivity index (χ4v) is 2.75. The van der Waals surface area contributed by atoms with Crippen molar-refractivity contribution in [2.24, 2.45) is 10.4 Å². The predicted molar refractivity (Wildman–Crippen MR) is 81.6 cm³/mol. The summed E-state index contributed by atoms with van der Waals surface area (Å²) in [6.07, 6.45) is 3.08. The van der Waals surface area contributed by atoms with Crippen molar-refractivity contribution in [2.45, 2.75) is 39.5 Å². The molecule has 0 amide bonds. The molecule has 3 heteroatoms. The summed E-state index contributed by atoms with van der Waals surface area (Å²) < 4.78 is 5.14. The van der Waals surface area contributed by atoms with Gasteiger partial charge in [-0.05, 0) is 36.0 Å². The van der Waals surface area contributed by atoms with Crippen LogP contribution in [0.25, 0.3) is 0 Å². The van der Waals surface area contributed by atoms with Gasteiger partial charge in [-0.25, -0.2) is 0 Å². The Balaban J connectivity index is 1.90. The number of carbonyl (C=O) groups excluding carboxylic acids is 1. The van der Waals surface area contributed by atoms with Crippen molar-refractivity contribution < 1.29 is 9.53 Å². The summed E-state index contributed by atoms with van der Waals surface area (Å²) in [7, 11) is 1.67. The number of methoxy groups -OCH3 is 1. The maximum Gasteiger partial charge on any atom is 0.139 e. The smallest absolute Gasteiger partial charge is 0.139 e. The summed E-state index contributed by atoms with van der Waals surface area (Å²) in [4.78, 5) is 16.3. The van der Waals surface area contributed by atoms with Gasteiger partial charge in [0.2, 0.25) is 0 Å². The Labute approximate surface area is 121 Å². The highest BCUT2D eigenvalue weighted by molar-refractivity contribution is 6.04. The summed E-state index contributed by atoms with van der Waals surface area (Å²) >= 11 is 0. The van der Waals surface area contributed by atoms with Crippen LogP contribution in [0.5, 0.6) is 5.75 Å². The van der Waals surface area contributed by atoms with Gasteiger partial charge >= 0.3 is 0 Å². The average Bonchev–Trinajstić information content (AvgIpc) is 2.37. The lowest BCUT2D eigenvalue weighted by Gasteiger charge is -2.29. The van der Waals surface area contributed by atoms with Crippen LogP contribution >= 0.6 is 0 Å². The number of hydrogen-bond donors (Lipinski definition) is 0. The standard InChI is InChI=1S/C17H23NO2/c1-17(2)11-14(10-15(19)12-17)18-9-8-13-4-6-16(20-3)7-5-13/h4-7H,8-12H2,1-3H3. The lowest BCUT2D eigenvalue weighted by Crippen LogP contribution is -2.29. The molecule has 1 aliphatic rings. The van der Waals surface area contributed by atoms with Crippen molar-refractivity contribution in [3.63, 3.8) is 0 Å². The van der Waals surface area contributed by atoms with Crippen molar-refractivity contribution in [2.75, 3.05) is 13.7 Å². The van der Waals surface area contributed by atoms with Crippen molar-refractivity contribution in [1.82, 2.24) is 0 Å². The van der Waals surface area contributed by atoms with Gasteiger partial charge in [0.05, 0.1) is 7.11 Å². The summed E-state index contributed by atoms with van der Waals surface area (Å²) in [6, 6.07) is 8.06. The van der Waals surface area contributed by atoms with Crippen molar-refractivity contribution in [3.8, 4) is 5.75 Å². The molecule has 0 saturated heterocycles. The quantitative estimate of drug-likeness (QED) is 0.842. The highest BCUT2D eigenvalue weighted by atomic mass is 16.5. The third-order valence-corrected chi connectivity index (χ3v) is 3.65. The van der Waals surface area contributed by atoms with Gasteiger partial charge in [0, 0.05) is 25.1 Å². The van der Waals surface area contributed by atoms with Crippen LogP contribution in [0.2, 0.25) is 0 Å². The van der Waals surface area contributed by atoms with Crippen LogP contribution in [0.1, 0.15) is 38.7 Å². The van der Waals surface area contributed by atoms with E-state index in [0.29, 0.717) is 18.6 Å². The molecular formula is C17H23NO2. The molecule has 0 radical (unpaired) electrons. The van der Waals surface area contributed by atoms with E-state index in [2.05, 4.69) is 31.0 Å². The van der Waals surface area contributed by atoms with E-state index in [9.17, 15) is 4.79 Å². The third kappa shape index (κ3) is 4.19. The van der Waals surface area contributed by atoms with Crippen LogP contribution in [0, 0.1) is 5.41 Å². The molecule has 3 nitrogen and oxygen atoms in total. The Kier molecular flexibility index (Phi) is 4.58. The summed E-state index contributed by atoms with van der Waals surface area (Å²) in [5.74, 6) is 1.20. The van der Waals surface area contributed by atoms with Crippen molar-refractivity contribution in [1.29, 1.82) is 0 Å². The number of aliphatic imine (C=N–C) groups is 1. The highest BCUT2D eigenvalue weighted by Gasteiger charge is 2.29. The van der Waals surface area contributed by atoms with E-state index in [4.69, 9.17) is 4.74 Å². The van der Waals surface area contributed by atoms with E-state index in [0.717, 1.165) is 30.8 Å². The van der Waals surface area contributed by atoms with Gasteiger partial charge in [-0.3, -0.25) is 9.79 Å². The van der Waals surface area contributed by atoms with Crippen LogP contribution < -0.4 is 4.74 Å². The summed E-state index contributed by atoms with van der Waals surface area (Å²) in [5.41, 5.74) is 2.39. The Hall–Kier alpha value is -1.64. The molecule has 1 aromatic rings. The van der Waals surface area contributed by atoms with Gasteiger partial charge in [0.15, 0.2) is 0 Å². The van der Waals surface area contributed by atoms with Crippen molar-refractivity contribution in [3.05, 3.63) is 29.8 Å². The van der Waals surface area contributed by atoms with E-state index in [-0.39, 0.29) is 5.41 Å². The number of hydrogen-bond acceptors (Lipinski definition) is 3. The fraction of sp³-hybridized carbons (Fsp3) is 0.529. The molecule has 0 aliphatic heterocycles. The molecule has 108 valence electrons. The van der Waals surface area contributed by atoms with Crippen molar-refractivity contribution >= 4 is 11.5 Å². The topological polar surface area (TPSA) is 38.7 Å². The first-order chi connectivity index (χ1) is 9.48. The first-order valence-electron chi connectivity index (χ1n) is 7.15. The number of ether oxygens (including phenoxy) is 1. The zero-order valence-corrected chi connectivity index (χ0v) is 12.6. The predicted octanol–water partition coefficient (Wildman–Crippen LogP) is 3.46. The molecule has 1 saturated carbocycles. The van der Waals surface area contributed by atoms with Gasteiger partial charge in [-0.15, -0.1) is 0 Å². The summed E-state index contributed by atoms with van der Waals surface area (Å²) in [6.45, 7) is 5.04. The minimum absolute atomic E-state index is 0.0777. The van der Waals surface area contributed by atoms with E-state index in [1.165, 1.54) is 5.56 Å². The van der Waals surface area contributed by atoms with E-state index < -0.39 is 0 Å². The normalized spacial score (nSPS) is 20.1. The number of benzene rings is 1. The largest absolute Gasteiger partial charge is 0.497 e. The highest BCUT2D eigenvalue weighted by Crippen LogP contribution is 2.31. The lowest BCUT2D eigenvalue weighted by atomic mass is 9.76. The molecule has 1 aromatic carbocycles. The lowest BCUT2D eigenvalue weighted by molar-refractivity contribution is -0.120. The zero-order chi connectivity index (χ0) is 14.6. The van der Waals surface area contributed by atoms with Gasteiger partial charge < -0.3 is 4.74 Å². The zero-order valence-electron chi connectivity index (χ0n) is 12.6. The molecule has 20 heavy (non-hydrogen) atoms. The number of Topliss-reactive ketones (excluding diaryl/α,β-unsaturated/α-hetero) is 1. The van der Waals surface area contributed by atoms with Crippen LogP contribution in [0.4, 0.5) is 0 Å². The number of carbonyl (C=O) groups is 1. The molecule has 2 rings (SSSR count). The maximum absolute atomic E-state index is 11.7. The first-order valence-corrected chi connectivity index (χ1v) is 7.15. The average molecular weight is 273 g/mol. The number of rotatable bonds is 4. The molecule has 0 heterocycles. The number of ketones is 1. The second-order valence-electron chi connectivity index (χ2n) is 6.28. The Morgan fingerprint density at radius 3 is 2.50 bits per heavy atom. The molecule has 1 fully saturated rings. The molecule has 0 aromatic heterocycles.